The molecule has 6 heteroatoms. The van der Waals surface area contributed by atoms with E-state index in [9.17, 15) is 9.59 Å². The molecule has 1 fully saturated rings. The van der Waals surface area contributed by atoms with E-state index in [1.165, 1.54) is 4.90 Å². The molecule has 6 nitrogen and oxygen atoms in total. The summed E-state index contributed by atoms with van der Waals surface area (Å²) in [5.41, 5.74) is 3.80. The van der Waals surface area contributed by atoms with Crippen molar-refractivity contribution in [3.8, 4) is 0 Å². The van der Waals surface area contributed by atoms with Gasteiger partial charge < -0.3 is 9.64 Å². The molecule has 0 radical (unpaired) electrons. The lowest BCUT2D eigenvalue weighted by atomic mass is 10.0. The van der Waals surface area contributed by atoms with Gasteiger partial charge in [0.15, 0.2) is 0 Å². The average Bonchev–Trinajstić information content (AvgIpc) is 3.24. The number of rotatable bonds is 5. The van der Waals surface area contributed by atoms with Gasteiger partial charge in [0.25, 0.3) is 5.91 Å². The molecule has 4 aromatic rings. The summed E-state index contributed by atoms with van der Waals surface area (Å²) >= 11 is 0. The number of hydrogen-bond donors (Lipinski definition) is 0. The summed E-state index contributed by atoms with van der Waals surface area (Å²) in [4.78, 5) is 34.6. The SMILES string of the molecule is CN1/C(=N/C(=O)c2ccccc2)N(C(=O)OCc2ccccc2)/C(=C\c2ccccc2)C1c1ccccc1. The minimum absolute atomic E-state index is 0.0917. The van der Waals surface area contributed by atoms with Gasteiger partial charge in [-0.1, -0.05) is 109 Å². The van der Waals surface area contributed by atoms with E-state index in [1.807, 2.05) is 115 Å². The van der Waals surface area contributed by atoms with Gasteiger partial charge in [0, 0.05) is 12.6 Å². The Balaban J connectivity index is 1.61. The summed E-state index contributed by atoms with van der Waals surface area (Å²) < 4.78 is 5.76. The van der Waals surface area contributed by atoms with Crippen molar-refractivity contribution in [2.24, 2.45) is 4.99 Å². The molecule has 38 heavy (non-hydrogen) atoms. The molecule has 2 amide bonds. The summed E-state index contributed by atoms with van der Waals surface area (Å²) in [6, 6.07) is 37.5. The number of benzene rings is 4. The predicted molar refractivity (Wildman–Crippen MR) is 148 cm³/mol. The predicted octanol–water partition coefficient (Wildman–Crippen LogP) is 6.55. The zero-order valence-corrected chi connectivity index (χ0v) is 21.0. The molecule has 188 valence electrons. The lowest BCUT2D eigenvalue weighted by Gasteiger charge is -2.20. The first-order valence-corrected chi connectivity index (χ1v) is 12.3. The second-order valence-electron chi connectivity index (χ2n) is 8.86. The third kappa shape index (κ3) is 5.39. The number of amides is 2. The molecule has 1 aliphatic rings. The fourth-order valence-electron chi connectivity index (χ4n) is 4.44. The van der Waals surface area contributed by atoms with Crippen LogP contribution in [0.2, 0.25) is 0 Å². The van der Waals surface area contributed by atoms with Crippen LogP contribution < -0.4 is 0 Å². The third-order valence-corrected chi connectivity index (χ3v) is 6.28. The molecule has 0 bridgehead atoms. The molecule has 1 heterocycles. The van der Waals surface area contributed by atoms with Crippen molar-refractivity contribution in [2.75, 3.05) is 7.05 Å². The molecule has 1 atom stereocenters. The summed E-state index contributed by atoms with van der Waals surface area (Å²) in [7, 11) is 1.83. The zero-order chi connectivity index (χ0) is 26.3. The van der Waals surface area contributed by atoms with Crippen molar-refractivity contribution in [1.29, 1.82) is 0 Å². The second-order valence-corrected chi connectivity index (χ2v) is 8.86. The quantitative estimate of drug-likeness (QED) is 0.311. The van der Waals surface area contributed by atoms with Crippen LogP contribution in [0.3, 0.4) is 0 Å². The maximum absolute atomic E-state index is 13.7. The number of aliphatic imine (C=N–C) groups is 1. The van der Waals surface area contributed by atoms with Crippen LogP contribution in [0, 0.1) is 0 Å². The first-order valence-electron chi connectivity index (χ1n) is 12.3. The Kier molecular flexibility index (Phi) is 7.41. The number of guanidine groups is 1. The van der Waals surface area contributed by atoms with Crippen LogP contribution in [0.5, 0.6) is 0 Å². The van der Waals surface area contributed by atoms with Crippen molar-refractivity contribution in [2.45, 2.75) is 12.6 Å². The van der Waals surface area contributed by atoms with Gasteiger partial charge in [-0.2, -0.15) is 4.99 Å². The normalized spacial score (nSPS) is 17.1. The number of hydrogen-bond acceptors (Lipinski definition) is 3. The first-order chi connectivity index (χ1) is 18.6. The smallest absolute Gasteiger partial charge is 0.421 e. The Morgan fingerprint density at radius 1 is 0.789 bits per heavy atom. The number of carbonyl (C=O) groups excluding carboxylic acids is 2. The van der Waals surface area contributed by atoms with Crippen molar-refractivity contribution >= 4 is 24.0 Å². The molecular formula is C32H27N3O3. The van der Waals surface area contributed by atoms with E-state index in [1.54, 1.807) is 24.3 Å². The van der Waals surface area contributed by atoms with Gasteiger partial charge in [-0.05, 0) is 34.9 Å². The van der Waals surface area contributed by atoms with Crippen molar-refractivity contribution in [3.05, 3.63) is 149 Å². The van der Waals surface area contributed by atoms with E-state index in [0.29, 0.717) is 11.3 Å². The minimum atomic E-state index is -0.610. The van der Waals surface area contributed by atoms with Gasteiger partial charge in [-0.15, -0.1) is 0 Å². The van der Waals surface area contributed by atoms with Crippen LogP contribution in [-0.2, 0) is 11.3 Å². The van der Waals surface area contributed by atoms with E-state index in [0.717, 1.165) is 16.7 Å². The highest BCUT2D eigenvalue weighted by Gasteiger charge is 2.43. The summed E-state index contributed by atoms with van der Waals surface area (Å²) in [6.07, 6.45) is 1.33. The van der Waals surface area contributed by atoms with Crippen LogP contribution >= 0.6 is 0 Å². The highest BCUT2D eigenvalue weighted by molar-refractivity contribution is 6.08. The monoisotopic (exact) mass is 501 g/mol. The highest BCUT2D eigenvalue weighted by Crippen LogP contribution is 2.39. The van der Waals surface area contributed by atoms with Crippen molar-refractivity contribution < 1.29 is 14.3 Å². The Morgan fingerprint density at radius 3 is 1.97 bits per heavy atom. The summed E-state index contributed by atoms with van der Waals surface area (Å²) in [5.74, 6) is -0.242. The number of likely N-dealkylation sites (N-methyl/N-ethyl adjacent to an activating group) is 1. The van der Waals surface area contributed by atoms with Crippen molar-refractivity contribution in [3.63, 3.8) is 0 Å². The third-order valence-electron chi connectivity index (χ3n) is 6.28. The second kappa shape index (κ2) is 11.4. The minimum Gasteiger partial charge on any atom is -0.444 e. The zero-order valence-electron chi connectivity index (χ0n) is 21.0. The maximum Gasteiger partial charge on any atom is 0.421 e. The average molecular weight is 502 g/mol. The Hall–Kier alpha value is -4.97. The van der Waals surface area contributed by atoms with Gasteiger partial charge in [0.05, 0.1) is 11.7 Å². The van der Waals surface area contributed by atoms with Crippen molar-refractivity contribution in [1.82, 2.24) is 9.80 Å². The van der Waals surface area contributed by atoms with Gasteiger partial charge in [0.2, 0.25) is 5.96 Å². The van der Waals surface area contributed by atoms with E-state index in [2.05, 4.69) is 4.99 Å². The van der Waals surface area contributed by atoms with E-state index in [4.69, 9.17) is 4.74 Å². The summed E-state index contributed by atoms with van der Waals surface area (Å²) in [5, 5.41) is 0. The fraction of sp³-hybridized carbons (Fsp3) is 0.0938. The Morgan fingerprint density at radius 2 is 1.34 bits per heavy atom. The maximum atomic E-state index is 13.7. The van der Waals surface area contributed by atoms with E-state index >= 15 is 0 Å². The van der Waals surface area contributed by atoms with E-state index in [-0.39, 0.29) is 18.6 Å². The molecule has 0 spiro atoms. The molecule has 1 unspecified atom stereocenters. The molecule has 0 aliphatic carbocycles. The largest absolute Gasteiger partial charge is 0.444 e. The van der Waals surface area contributed by atoms with Crippen LogP contribution in [0.4, 0.5) is 4.79 Å². The van der Waals surface area contributed by atoms with Gasteiger partial charge in [-0.3, -0.25) is 4.79 Å². The topological polar surface area (TPSA) is 62.2 Å². The lowest BCUT2D eigenvalue weighted by Crippen LogP contribution is -2.37. The molecule has 0 N–H and O–H groups in total. The number of ether oxygens (including phenoxy) is 1. The molecule has 1 saturated heterocycles. The highest BCUT2D eigenvalue weighted by atomic mass is 16.6. The Labute approximate surface area is 222 Å². The number of nitrogens with zero attached hydrogens (tertiary/aromatic N) is 3. The van der Waals surface area contributed by atoms with Crippen LogP contribution in [0.1, 0.15) is 33.1 Å². The van der Waals surface area contributed by atoms with E-state index < -0.39 is 12.0 Å². The molecule has 0 saturated carbocycles. The van der Waals surface area contributed by atoms with Crippen LogP contribution in [0.25, 0.3) is 6.08 Å². The molecule has 4 aromatic carbocycles. The van der Waals surface area contributed by atoms with Gasteiger partial charge in [-0.25, -0.2) is 9.69 Å². The molecular weight excluding hydrogens is 474 g/mol. The van der Waals surface area contributed by atoms with Crippen LogP contribution in [-0.4, -0.2) is 34.8 Å². The number of carbonyl (C=O) groups is 2. The van der Waals surface area contributed by atoms with Gasteiger partial charge >= 0.3 is 6.09 Å². The summed E-state index contributed by atoms with van der Waals surface area (Å²) in [6.45, 7) is 0.0917. The fourth-order valence-corrected chi connectivity index (χ4v) is 4.44. The van der Waals surface area contributed by atoms with Gasteiger partial charge in [0.1, 0.15) is 6.61 Å². The molecule has 5 rings (SSSR count). The molecule has 0 aromatic heterocycles. The van der Waals surface area contributed by atoms with Crippen LogP contribution in [0.15, 0.2) is 132 Å². The molecule has 1 aliphatic heterocycles. The standard InChI is InChI=1S/C32H27N3O3/c1-34-29(26-18-10-4-11-19-26)28(22-24-14-6-2-7-15-24)35(32(37)38-23-25-16-8-3-9-17-25)31(34)33-30(36)27-20-12-5-13-21-27/h2-22,29H,23H2,1H3/b28-22-,33-31-. The lowest BCUT2D eigenvalue weighted by molar-refractivity contribution is 0.0999. The Bertz CT molecular complexity index is 1450. The first kappa shape index (κ1) is 24.7.